The van der Waals surface area contributed by atoms with Crippen molar-refractivity contribution in [1.29, 1.82) is 0 Å². The zero-order chi connectivity index (χ0) is 5.86. The number of allylic oxidation sites excluding steroid dienone is 1. The van der Waals surface area contributed by atoms with E-state index in [2.05, 4.69) is 27.9 Å². The van der Waals surface area contributed by atoms with E-state index in [-0.39, 0.29) is 0 Å². The molecule has 0 heterocycles. The van der Waals surface area contributed by atoms with E-state index in [9.17, 15) is 0 Å². The fourth-order valence-corrected chi connectivity index (χ4v) is 0.442. The highest BCUT2D eigenvalue weighted by atomic mass is 127. The molecule has 7 heavy (non-hydrogen) atoms. The summed E-state index contributed by atoms with van der Waals surface area (Å²) >= 11 is 2.16. The maximum atomic E-state index is 5.38. The first-order valence-electron chi connectivity index (χ1n) is 1.98. The molecule has 0 bridgehead atoms. The van der Waals surface area contributed by atoms with Gasteiger partial charge in [0.25, 0.3) is 0 Å². The summed E-state index contributed by atoms with van der Waals surface area (Å²) in [5, 5.41) is 2.81. The minimum Gasteiger partial charge on any atom is -0.385 e. The van der Waals surface area contributed by atoms with Gasteiger partial charge in [0, 0.05) is 10.6 Å². The third-order valence-corrected chi connectivity index (χ3v) is 1.22. The normalized spacial score (nSPS) is 13.0. The third-order valence-electron chi connectivity index (χ3n) is 0.640. The lowest BCUT2D eigenvalue weighted by atomic mass is 10.6. The predicted octanol–water partition coefficient (Wildman–Crippen LogP) is 0.789. The van der Waals surface area contributed by atoms with Gasteiger partial charge in [-0.1, -0.05) is 0 Å². The molecule has 0 unspecified atom stereocenters. The maximum absolute atomic E-state index is 5.38. The Kier molecular flexibility index (Phi) is 3.15. The Morgan fingerprint density at radius 3 is 2.14 bits per heavy atom. The average molecular weight is 212 g/mol. The number of hydrogen-bond acceptors (Lipinski definition) is 2. The molecule has 42 valence electrons. The number of nitrogens with one attached hydrogen (secondary N) is 1. The smallest absolute Gasteiger partial charge is 0.105 e. The van der Waals surface area contributed by atoms with Crippen molar-refractivity contribution >= 4 is 22.6 Å². The van der Waals surface area contributed by atoms with Gasteiger partial charge in [-0.15, -0.1) is 0 Å². The van der Waals surface area contributed by atoms with E-state index in [1.54, 1.807) is 7.05 Å². The van der Waals surface area contributed by atoms with E-state index in [1.807, 2.05) is 6.92 Å². The van der Waals surface area contributed by atoms with Crippen LogP contribution in [0, 0.1) is 0 Å². The summed E-state index contributed by atoms with van der Waals surface area (Å²) < 4.78 is 1.10. The number of rotatable bonds is 1. The van der Waals surface area contributed by atoms with Crippen LogP contribution in [0.2, 0.25) is 0 Å². The summed E-state index contributed by atoms with van der Waals surface area (Å²) in [4.78, 5) is 0. The summed E-state index contributed by atoms with van der Waals surface area (Å²) in [6.07, 6.45) is 0. The number of halogens is 1. The Morgan fingerprint density at radius 1 is 1.71 bits per heavy atom. The van der Waals surface area contributed by atoms with Gasteiger partial charge in [-0.3, -0.25) is 0 Å². The molecule has 0 aromatic heterocycles. The second kappa shape index (κ2) is 3.12. The molecule has 0 aliphatic carbocycles. The Labute approximate surface area is 57.3 Å². The van der Waals surface area contributed by atoms with E-state index in [1.165, 1.54) is 0 Å². The summed E-state index contributed by atoms with van der Waals surface area (Å²) in [6.45, 7) is 1.95. The second-order valence-electron chi connectivity index (χ2n) is 1.20. The Morgan fingerprint density at radius 2 is 2.14 bits per heavy atom. The fourth-order valence-electron chi connectivity index (χ4n) is 0.172. The average Bonchev–Trinajstić information content (AvgIpc) is 1.65. The summed E-state index contributed by atoms with van der Waals surface area (Å²) in [5.74, 6) is 0.751. The largest absolute Gasteiger partial charge is 0.385 e. The Bertz CT molecular complexity index is 83.7. The van der Waals surface area contributed by atoms with E-state index in [0.717, 1.165) is 9.40 Å². The zero-order valence-electron chi connectivity index (χ0n) is 4.46. The van der Waals surface area contributed by atoms with Crippen LogP contribution in [0.5, 0.6) is 0 Å². The SMILES string of the molecule is CN/C(N)=C(\C)I. The fraction of sp³-hybridized carbons (Fsp3) is 0.500. The van der Waals surface area contributed by atoms with Crippen LogP contribution in [-0.4, -0.2) is 7.05 Å². The van der Waals surface area contributed by atoms with E-state index in [0.29, 0.717) is 0 Å². The van der Waals surface area contributed by atoms with E-state index < -0.39 is 0 Å². The van der Waals surface area contributed by atoms with Gasteiger partial charge in [-0.2, -0.15) is 0 Å². The Hall–Kier alpha value is 0.0700. The monoisotopic (exact) mass is 212 g/mol. The standard InChI is InChI=1S/C4H9IN2/c1-3(5)4(6)7-2/h7H,6H2,1-2H3/b4-3+. The quantitative estimate of drug-likeness (QED) is 0.630. The van der Waals surface area contributed by atoms with Crippen molar-refractivity contribution in [1.82, 2.24) is 5.32 Å². The molecule has 0 fully saturated rings. The summed E-state index contributed by atoms with van der Waals surface area (Å²) in [6, 6.07) is 0. The van der Waals surface area contributed by atoms with E-state index in [4.69, 9.17) is 5.73 Å². The van der Waals surface area contributed by atoms with Crippen LogP contribution < -0.4 is 11.1 Å². The number of nitrogens with two attached hydrogens (primary N) is 1. The van der Waals surface area contributed by atoms with Crippen LogP contribution >= 0.6 is 22.6 Å². The van der Waals surface area contributed by atoms with Crippen molar-refractivity contribution < 1.29 is 0 Å². The molecule has 3 heteroatoms. The Balaban J connectivity index is 3.72. The van der Waals surface area contributed by atoms with Crippen LogP contribution in [0.25, 0.3) is 0 Å². The highest BCUT2D eigenvalue weighted by molar-refractivity contribution is 14.1. The van der Waals surface area contributed by atoms with Gasteiger partial charge in [0.05, 0.1) is 0 Å². The maximum Gasteiger partial charge on any atom is 0.105 e. The van der Waals surface area contributed by atoms with Crippen molar-refractivity contribution in [3.8, 4) is 0 Å². The van der Waals surface area contributed by atoms with Crippen LogP contribution in [0.15, 0.2) is 9.40 Å². The van der Waals surface area contributed by atoms with E-state index >= 15 is 0 Å². The first-order valence-corrected chi connectivity index (χ1v) is 3.06. The first-order chi connectivity index (χ1) is 3.18. The molecule has 0 aliphatic heterocycles. The lowest BCUT2D eigenvalue weighted by Gasteiger charge is -1.97. The third kappa shape index (κ3) is 2.73. The summed E-state index contributed by atoms with van der Waals surface area (Å²) in [7, 11) is 1.80. The lowest BCUT2D eigenvalue weighted by molar-refractivity contribution is 0.958. The van der Waals surface area contributed by atoms with Crippen molar-refractivity contribution in [2.75, 3.05) is 7.05 Å². The van der Waals surface area contributed by atoms with Crippen LogP contribution in [0.1, 0.15) is 6.92 Å². The van der Waals surface area contributed by atoms with Gasteiger partial charge < -0.3 is 11.1 Å². The van der Waals surface area contributed by atoms with Crippen LogP contribution in [0.4, 0.5) is 0 Å². The molecule has 0 saturated heterocycles. The molecule has 0 saturated carbocycles. The van der Waals surface area contributed by atoms with Gasteiger partial charge in [-0.05, 0) is 29.5 Å². The predicted molar refractivity (Wildman–Crippen MR) is 40.0 cm³/mol. The molecule has 0 radical (unpaired) electrons. The molecular weight excluding hydrogens is 203 g/mol. The summed E-state index contributed by atoms with van der Waals surface area (Å²) in [5.41, 5.74) is 5.38. The molecule has 0 amide bonds. The lowest BCUT2D eigenvalue weighted by Crippen LogP contribution is -2.14. The van der Waals surface area contributed by atoms with Gasteiger partial charge in [0.15, 0.2) is 0 Å². The van der Waals surface area contributed by atoms with Crippen molar-refractivity contribution in [2.45, 2.75) is 6.92 Å². The van der Waals surface area contributed by atoms with Gasteiger partial charge >= 0.3 is 0 Å². The molecule has 0 rings (SSSR count). The zero-order valence-corrected chi connectivity index (χ0v) is 6.61. The van der Waals surface area contributed by atoms with Crippen molar-refractivity contribution in [2.24, 2.45) is 5.73 Å². The van der Waals surface area contributed by atoms with Gasteiger partial charge in [0.1, 0.15) is 5.82 Å². The van der Waals surface area contributed by atoms with Crippen molar-refractivity contribution in [3.05, 3.63) is 9.40 Å². The highest BCUT2D eigenvalue weighted by Crippen LogP contribution is 2.02. The first kappa shape index (κ1) is 7.07. The minimum atomic E-state index is 0.751. The molecule has 0 atom stereocenters. The van der Waals surface area contributed by atoms with Crippen LogP contribution in [-0.2, 0) is 0 Å². The van der Waals surface area contributed by atoms with Gasteiger partial charge in [-0.25, -0.2) is 0 Å². The molecule has 0 aromatic rings. The van der Waals surface area contributed by atoms with Crippen LogP contribution in [0.3, 0.4) is 0 Å². The minimum absolute atomic E-state index is 0.751. The highest BCUT2D eigenvalue weighted by Gasteiger charge is 1.84. The molecule has 0 aliphatic rings. The van der Waals surface area contributed by atoms with Gasteiger partial charge in [0.2, 0.25) is 0 Å². The second-order valence-corrected chi connectivity index (χ2v) is 2.82. The molecular formula is C4H9IN2. The molecule has 0 spiro atoms. The molecule has 0 aromatic carbocycles. The topological polar surface area (TPSA) is 38.0 Å². The molecule has 2 nitrogen and oxygen atoms in total. The number of hydrogen-bond donors (Lipinski definition) is 2. The van der Waals surface area contributed by atoms with Crippen molar-refractivity contribution in [3.63, 3.8) is 0 Å². The molecule has 3 N–H and O–H groups in total.